The van der Waals surface area contributed by atoms with Gasteiger partial charge in [0.05, 0.1) is 16.3 Å². The van der Waals surface area contributed by atoms with Gasteiger partial charge in [-0.3, -0.25) is 0 Å². The maximum atomic E-state index is 6.11. The summed E-state index contributed by atoms with van der Waals surface area (Å²) in [7, 11) is 0. The van der Waals surface area contributed by atoms with Gasteiger partial charge in [0.2, 0.25) is 0 Å². The van der Waals surface area contributed by atoms with Gasteiger partial charge >= 0.3 is 0 Å². The van der Waals surface area contributed by atoms with Gasteiger partial charge in [-0.05, 0) is 30.1 Å². The molecule has 0 aromatic heterocycles. The summed E-state index contributed by atoms with van der Waals surface area (Å²) in [5.74, 6) is 0.433. The van der Waals surface area contributed by atoms with E-state index in [2.05, 4.69) is 19.9 Å². The Bertz CT molecular complexity index is 362. The molecule has 0 aliphatic heterocycles. The lowest BCUT2D eigenvalue weighted by molar-refractivity contribution is 0.862. The van der Waals surface area contributed by atoms with Crippen molar-refractivity contribution in [3.8, 4) is 0 Å². The average molecular weight is 242 g/mol. The highest BCUT2D eigenvalue weighted by molar-refractivity contribution is 7.99. The molecule has 15 heavy (non-hydrogen) atoms. The number of benzene rings is 1. The predicted molar refractivity (Wildman–Crippen MR) is 72.9 cm³/mol. The first-order valence-electron chi connectivity index (χ1n) is 4.82. The van der Waals surface area contributed by atoms with Crippen molar-refractivity contribution in [1.29, 1.82) is 0 Å². The van der Waals surface area contributed by atoms with E-state index in [0.29, 0.717) is 5.92 Å². The predicted octanol–water partition coefficient (Wildman–Crippen LogP) is 3.42. The highest BCUT2D eigenvalue weighted by atomic mass is 32.2. The summed E-state index contributed by atoms with van der Waals surface area (Å²) in [6.07, 6.45) is 4.05. The molecule has 0 radical (unpaired) electrons. The van der Waals surface area contributed by atoms with Crippen LogP contribution in [0.15, 0.2) is 15.9 Å². The molecule has 0 spiro atoms. The topological polar surface area (TPSA) is 52.0 Å². The number of anilines is 2. The molecule has 2 nitrogen and oxygen atoms in total. The Morgan fingerprint density at radius 3 is 2.07 bits per heavy atom. The van der Waals surface area contributed by atoms with Gasteiger partial charge in [-0.2, -0.15) is 0 Å². The third kappa shape index (κ3) is 2.37. The van der Waals surface area contributed by atoms with Crippen LogP contribution in [0.1, 0.15) is 25.3 Å². The lowest BCUT2D eigenvalue weighted by atomic mass is 10.0. The summed E-state index contributed by atoms with van der Waals surface area (Å²) in [6.45, 7) is 4.30. The van der Waals surface area contributed by atoms with Crippen LogP contribution < -0.4 is 11.5 Å². The molecule has 0 fully saturated rings. The van der Waals surface area contributed by atoms with Crippen LogP contribution in [0.5, 0.6) is 0 Å². The Hall–Kier alpha value is -0.480. The highest BCUT2D eigenvalue weighted by Gasteiger charge is 2.14. The van der Waals surface area contributed by atoms with Gasteiger partial charge in [-0.25, -0.2) is 0 Å². The van der Waals surface area contributed by atoms with Gasteiger partial charge in [-0.1, -0.05) is 13.8 Å². The first-order chi connectivity index (χ1) is 7.02. The normalized spacial score (nSPS) is 11.0. The number of hydrogen-bond acceptors (Lipinski definition) is 4. The fourth-order valence-electron chi connectivity index (χ4n) is 1.55. The zero-order valence-electron chi connectivity index (χ0n) is 9.63. The molecule has 0 amide bonds. The van der Waals surface area contributed by atoms with Crippen LogP contribution >= 0.6 is 23.5 Å². The number of nitrogen functional groups attached to an aromatic ring is 2. The first-order valence-corrected chi connectivity index (χ1v) is 7.27. The minimum atomic E-state index is 0.433. The molecule has 0 saturated heterocycles. The molecule has 4 heteroatoms. The van der Waals surface area contributed by atoms with Crippen molar-refractivity contribution in [3.63, 3.8) is 0 Å². The minimum Gasteiger partial charge on any atom is -0.398 e. The Morgan fingerprint density at radius 2 is 1.67 bits per heavy atom. The maximum Gasteiger partial charge on any atom is 0.0611 e. The Morgan fingerprint density at radius 1 is 1.07 bits per heavy atom. The third-order valence-corrected chi connectivity index (χ3v) is 4.02. The van der Waals surface area contributed by atoms with Crippen LogP contribution in [0, 0.1) is 0 Å². The summed E-state index contributed by atoms with van der Waals surface area (Å²) >= 11 is 3.29. The van der Waals surface area contributed by atoms with Crippen LogP contribution in [0.25, 0.3) is 0 Å². The van der Waals surface area contributed by atoms with Crippen molar-refractivity contribution in [2.45, 2.75) is 29.6 Å². The number of nitrogens with two attached hydrogens (primary N) is 2. The van der Waals surface area contributed by atoms with E-state index in [1.165, 1.54) is 5.56 Å². The molecule has 1 aromatic rings. The van der Waals surface area contributed by atoms with Crippen molar-refractivity contribution in [2.24, 2.45) is 0 Å². The van der Waals surface area contributed by atoms with Gasteiger partial charge < -0.3 is 11.5 Å². The van der Waals surface area contributed by atoms with E-state index >= 15 is 0 Å². The lowest BCUT2D eigenvalue weighted by Gasteiger charge is -2.17. The van der Waals surface area contributed by atoms with E-state index in [4.69, 9.17) is 11.5 Å². The Labute approximate surface area is 100 Å². The molecular weight excluding hydrogens is 224 g/mol. The molecule has 0 unspecified atom stereocenters. The minimum absolute atomic E-state index is 0.433. The van der Waals surface area contributed by atoms with Crippen molar-refractivity contribution in [3.05, 3.63) is 11.6 Å². The molecule has 4 N–H and O–H groups in total. The Kier molecular flexibility index (Phi) is 4.22. The van der Waals surface area contributed by atoms with Gasteiger partial charge in [0.1, 0.15) is 0 Å². The van der Waals surface area contributed by atoms with Crippen LogP contribution in [0.2, 0.25) is 0 Å². The smallest absolute Gasteiger partial charge is 0.0611 e. The van der Waals surface area contributed by atoms with Gasteiger partial charge in [0, 0.05) is 4.90 Å². The van der Waals surface area contributed by atoms with E-state index < -0.39 is 0 Å². The number of thioether (sulfide) groups is 2. The molecule has 84 valence electrons. The number of rotatable bonds is 3. The maximum absolute atomic E-state index is 6.11. The number of hydrogen-bond donors (Lipinski definition) is 2. The van der Waals surface area contributed by atoms with Crippen molar-refractivity contribution in [2.75, 3.05) is 24.0 Å². The standard InChI is InChI=1S/C11H18N2S2/c1-6(2)7-5-8(14-3)10(13)11(15-4)9(7)12/h5-6H,12-13H2,1-4H3. The molecule has 0 aliphatic rings. The second-order valence-electron chi connectivity index (χ2n) is 3.68. The fraction of sp³-hybridized carbons (Fsp3) is 0.455. The van der Waals surface area contributed by atoms with Crippen LogP contribution in [-0.2, 0) is 0 Å². The summed E-state index contributed by atoms with van der Waals surface area (Å²) in [5.41, 5.74) is 15.0. The van der Waals surface area contributed by atoms with E-state index in [9.17, 15) is 0 Å². The quantitative estimate of drug-likeness (QED) is 0.630. The lowest BCUT2D eigenvalue weighted by Crippen LogP contribution is -2.03. The van der Waals surface area contributed by atoms with Crippen molar-refractivity contribution in [1.82, 2.24) is 0 Å². The van der Waals surface area contributed by atoms with E-state index in [0.717, 1.165) is 21.2 Å². The van der Waals surface area contributed by atoms with Crippen LogP contribution in [-0.4, -0.2) is 12.5 Å². The molecule has 1 rings (SSSR count). The largest absolute Gasteiger partial charge is 0.398 e. The molecule has 0 atom stereocenters. The van der Waals surface area contributed by atoms with Crippen molar-refractivity contribution < 1.29 is 0 Å². The molecule has 0 saturated carbocycles. The van der Waals surface area contributed by atoms with Crippen molar-refractivity contribution >= 4 is 34.9 Å². The molecule has 0 aliphatic carbocycles. The monoisotopic (exact) mass is 242 g/mol. The summed E-state index contributed by atoms with van der Waals surface area (Å²) in [6, 6.07) is 2.11. The SMILES string of the molecule is CSc1cc(C(C)C)c(N)c(SC)c1N. The zero-order chi connectivity index (χ0) is 11.6. The first kappa shape index (κ1) is 12.6. The van der Waals surface area contributed by atoms with Crippen LogP contribution in [0.3, 0.4) is 0 Å². The molecule has 1 aromatic carbocycles. The highest BCUT2D eigenvalue weighted by Crippen LogP contribution is 2.40. The Balaban J connectivity index is 3.44. The summed E-state index contributed by atoms with van der Waals surface area (Å²) < 4.78 is 0. The van der Waals surface area contributed by atoms with Crippen LogP contribution in [0.4, 0.5) is 11.4 Å². The van der Waals surface area contributed by atoms with Gasteiger partial charge in [0.15, 0.2) is 0 Å². The van der Waals surface area contributed by atoms with E-state index in [1.54, 1.807) is 23.5 Å². The molecule has 0 heterocycles. The molecule has 0 bridgehead atoms. The summed E-state index contributed by atoms with van der Waals surface area (Å²) in [5, 5.41) is 0. The molecular formula is C11H18N2S2. The van der Waals surface area contributed by atoms with E-state index in [-0.39, 0.29) is 0 Å². The second-order valence-corrected chi connectivity index (χ2v) is 5.35. The fourth-order valence-corrected chi connectivity index (χ4v) is 2.85. The van der Waals surface area contributed by atoms with Gasteiger partial charge in [0.25, 0.3) is 0 Å². The van der Waals surface area contributed by atoms with Gasteiger partial charge in [-0.15, -0.1) is 23.5 Å². The zero-order valence-corrected chi connectivity index (χ0v) is 11.3. The average Bonchev–Trinajstić information content (AvgIpc) is 2.18. The summed E-state index contributed by atoms with van der Waals surface area (Å²) in [4.78, 5) is 2.14. The van der Waals surface area contributed by atoms with E-state index in [1.807, 2.05) is 12.5 Å². The second kappa shape index (κ2) is 5.03. The third-order valence-electron chi connectivity index (χ3n) is 2.40.